The predicted octanol–water partition coefficient (Wildman–Crippen LogP) is 7.51. The number of aliphatic hydroxyl groups excluding tert-OH is 4. The monoisotopic (exact) mass is 664 g/mol. The third kappa shape index (κ3) is 7.92. The highest BCUT2D eigenvalue weighted by molar-refractivity contribution is 7.99. The summed E-state index contributed by atoms with van der Waals surface area (Å²) >= 11 is 1.45. The second kappa shape index (κ2) is 16.2. The quantitative estimate of drug-likeness (QED) is 0.106. The number of hydrogen-bond acceptors (Lipinski definition) is 7. The second-order valence-corrected chi connectivity index (χ2v) is 18.2. The molecular weight excluding hydrogens is 596 g/mol. The van der Waals surface area contributed by atoms with Crippen molar-refractivity contribution in [3.05, 3.63) is 11.6 Å². The SMILES string of the molecule is CC(C)CCC[C@@H](C)[C@H]1CCC2C3CC=C4C[C@@H](OCCCCCCS[C@@H]5O[C@H](CO)[C@H](O)[C@H](O)[C@H]5O)CC[C@]4(C)C3CC[C@@]21C. The van der Waals surface area contributed by atoms with Crippen LogP contribution < -0.4 is 0 Å². The zero-order valence-electron chi connectivity index (χ0n) is 29.7. The van der Waals surface area contributed by atoms with Crippen LogP contribution in [0, 0.1) is 46.3 Å². The van der Waals surface area contributed by atoms with Crippen molar-refractivity contribution in [2.24, 2.45) is 46.3 Å². The van der Waals surface area contributed by atoms with Crippen molar-refractivity contribution in [1.29, 1.82) is 0 Å². The smallest absolute Gasteiger partial charge is 0.132 e. The Hall–Kier alpha value is -0.150. The van der Waals surface area contributed by atoms with Gasteiger partial charge in [0.15, 0.2) is 0 Å². The topological polar surface area (TPSA) is 99.4 Å². The molecule has 0 amide bonds. The Balaban J connectivity index is 1.02. The molecule has 4 N–H and O–H groups in total. The van der Waals surface area contributed by atoms with E-state index in [0.717, 1.165) is 80.0 Å². The Kier molecular flexibility index (Phi) is 13.1. The molecule has 3 saturated carbocycles. The zero-order valence-corrected chi connectivity index (χ0v) is 30.6. The van der Waals surface area contributed by atoms with E-state index < -0.39 is 29.9 Å². The van der Waals surface area contributed by atoms with Crippen molar-refractivity contribution in [1.82, 2.24) is 0 Å². The number of allylic oxidation sites excluding steroid dienone is 1. The van der Waals surface area contributed by atoms with Crippen LogP contribution in [0.1, 0.15) is 131 Å². The van der Waals surface area contributed by atoms with Crippen molar-refractivity contribution < 1.29 is 29.9 Å². The lowest BCUT2D eigenvalue weighted by atomic mass is 9.47. The van der Waals surface area contributed by atoms with Crippen LogP contribution in [-0.4, -0.2) is 75.3 Å². The highest BCUT2D eigenvalue weighted by Gasteiger charge is 2.59. The van der Waals surface area contributed by atoms with E-state index in [2.05, 4.69) is 40.7 Å². The summed E-state index contributed by atoms with van der Waals surface area (Å²) in [7, 11) is 0. The van der Waals surface area contributed by atoms with Crippen molar-refractivity contribution >= 4 is 11.8 Å². The van der Waals surface area contributed by atoms with Gasteiger partial charge in [-0.2, -0.15) is 0 Å². The molecule has 266 valence electrons. The van der Waals surface area contributed by atoms with E-state index in [1.165, 1.54) is 76.0 Å². The molecule has 7 heteroatoms. The molecule has 0 radical (unpaired) electrons. The largest absolute Gasteiger partial charge is 0.394 e. The molecule has 0 bridgehead atoms. The third-order valence-electron chi connectivity index (χ3n) is 13.8. The third-order valence-corrected chi connectivity index (χ3v) is 15.0. The van der Waals surface area contributed by atoms with E-state index in [1.807, 2.05) is 0 Å². The molecule has 0 spiro atoms. The van der Waals surface area contributed by atoms with Gasteiger partial charge in [-0.05, 0) is 116 Å². The van der Waals surface area contributed by atoms with Gasteiger partial charge < -0.3 is 29.9 Å². The Labute approximate surface area is 284 Å². The maximum Gasteiger partial charge on any atom is 0.132 e. The molecule has 3 unspecified atom stereocenters. The Bertz CT molecular complexity index is 988. The van der Waals surface area contributed by atoms with Crippen molar-refractivity contribution in [2.45, 2.75) is 167 Å². The van der Waals surface area contributed by atoms with Crippen LogP contribution in [0.3, 0.4) is 0 Å². The molecular formula is C39H68O6S. The highest BCUT2D eigenvalue weighted by atomic mass is 32.2. The standard InChI is InChI=1S/C39H68O6S/c1-25(2)11-10-12-26(3)30-15-16-31-29-14-13-27-23-28(17-19-38(27,4)32(29)18-20-39(30,31)5)44-21-8-6-7-9-22-46-37-36(43)35(42)34(41)33(24-40)45-37/h13,25-26,28-37,40-43H,6-12,14-24H2,1-5H3/t26-,28+,29?,30-,31?,32?,33-,34+,35+,36-,37+,38+,39-/m1/s1. The Morgan fingerprint density at radius 2 is 1.67 bits per heavy atom. The van der Waals surface area contributed by atoms with Gasteiger partial charge in [0, 0.05) is 6.61 Å². The first-order valence-corrected chi connectivity index (χ1v) is 20.3. The molecule has 1 heterocycles. The lowest BCUT2D eigenvalue weighted by Crippen LogP contribution is -2.57. The fraction of sp³-hybridized carbons (Fsp3) is 0.949. The van der Waals surface area contributed by atoms with Gasteiger partial charge in [-0.15, -0.1) is 11.8 Å². The summed E-state index contributed by atoms with van der Waals surface area (Å²) in [4.78, 5) is 0. The van der Waals surface area contributed by atoms with E-state index >= 15 is 0 Å². The summed E-state index contributed by atoms with van der Waals surface area (Å²) in [6, 6.07) is 0. The summed E-state index contributed by atoms with van der Waals surface area (Å²) in [5, 5.41) is 39.5. The molecule has 0 aromatic heterocycles. The fourth-order valence-corrected chi connectivity index (χ4v) is 12.2. The number of ether oxygens (including phenoxy) is 2. The normalized spacial score (nSPS) is 43.1. The van der Waals surface area contributed by atoms with Gasteiger partial charge in [0.2, 0.25) is 0 Å². The van der Waals surface area contributed by atoms with Gasteiger partial charge in [0.25, 0.3) is 0 Å². The molecule has 0 aromatic rings. The van der Waals surface area contributed by atoms with Crippen LogP contribution in [0.15, 0.2) is 11.6 Å². The van der Waals surface area contributed by atoms with Gasteiger partial charge in [0.1, 0.15) is 29.9 Å². The van der Waals surface area contributed by atoms with E-state index in [1.54, 1.807) is 5.57 Å². The summed E-state index contributed by atoms with van der Waals surface area (Å²) < 4.78 is 12.1. The fourth-order valence-electron chi connectivity index (χ4n) is 11.0. The molecule has 4 fully saturated rings. The van der Waals surface area contributed by atoms with Crippen LogP contribution in [0.5, 0.6) is 0 Å². The maximum absolute atomic E-state index is 10.2. The van der Waals surface area contributed by atoms with Crippen LogP contribution in [-0.2, 0) is 9.47 Å². The number of thioether (sulfide) groups is 1. The summed E-state index contributed by atoms with van der Waals surface area (Å²) in [5.74, 6) is 6.10. The maximum atomic E-state index is 10.2. The van der Waals surface area contributed by atoms with E-state index in [4.69, 9.17) is 9.47 Å². The summed E-state index contributed by atoms with van der Waals surface area (Å²) in [6.07, 6.45) is 17.7. The minimum absolute atomic E-state index is 0.369. The van der Waals surface area contributed by atoms with Crippen molar-refractivity contribution in [3.63, 3.8) is 0 Å². The molecule has 0 aromatic carbocycles. The van der Waals surface area contributed by atoms with E-state index in [-0.39, 0.29) is 6.61 Å². The first-order chi connectivity index (χ1) is 22.0. The molecule has 6 nitrogen and oxygen atoms in total. The number of hydrogen-bond donors (Lipinski definition) is 4. The molecule has 5 rings (SSSR count). The Morgan fingerprint density at radius 1 is 0.891 bits per heavy atom. The molecule has 4 aliphatic carbocycles. The molecule has 1 saturated heterocycles. The van der Waals surface area contributed by atoms with E-state index in [0.29, 0.717) is 16.9 Å². The summed E-state index contributed by atoms with van der Waals surface area (Å²) in [6.45, 7) is 13.1. The molecule has 1 aliphatic heterocycles. The van der Waals surface area contributed by atoms with Crippen molar-refractivity contribution in [3.8, 4) is 0 Å². The van der Waals surface area contributed by atoms with Gasteiger partial charge in [-0.3, -0.25) is 0 Å². The van der Waals surface area contributed by atoms with E-state index in [9.17, 15) is 20.4 Å². The lowest BCUT2D eigenvalue weighted by molar-refractivity contribution is -0.205. The lowest BCUT2D eigenvalue weighted by Gasteiger charge is -2.58. The van der Waals surface area contributed by atoms with Gasteiger partial charge >= 0.3 is 0 Å². The zero-order chi connectivity index (χ0) is 33.1. The van der Waals surface area contributed by atoms with Crippen LogP contribution >= 0.6 is 11.8 Å². The molecule has 46 heavy (non-hydrogen) atoms. The van der Waals surface area contributed by atoms with Gasteiger partial charge in [-0.1, -0.05) is 78.4 Å². The van der Waals surface area contributed by atoms with Crippen LogP contribution in [0.2, 0.25) is 0 Å². The number of rotatable bonds is 15. The minimum atomic E-state index is -1.29. The minimum Gasteiger partial charge on any atom is -0.394 e. The predicted molar refractivity (Wildman–Crippen MR) is 187 cm³/mol. The highest BCUT2D eigenvalue weighted by Crippen LogP contribution is 2.67. The average Bonchev–Trinajstić information content (AvgIpc) is 3.39. The first-order valence-electron chi connectivity index (χ1n) is 19.2. The number of aliphatic hydroxyl groups is 4. The first kappa shape index (κ1) is 37.1. The van der Waals surface area contributed by atoms with Crippen LogP contribution in [0.25, 0.3) is 0 Å². The number of fused-ring (bicyclic) bond motifs is 5. The average molecular weight is 665 g/mol. The second-order valence-electron chi connectivity index (χ2n) is 17.0. The molecule has 5 aliphatic rings. The van der Waals surface area contributed by atoms with Gasteiger partial charge in [-0.25, -0.2) is 0 Å². The van der Waals surface area contributed by atoms with Gasteiger partial charge in [0.05, 0.1) is 12.7 Å². The molecule has 13 atom stereocenters. The number of unbranched alkanes of at least 4 members (excludes halogenated alkanes) is 3. The Morgan fingerprint density at radius 3 is 2.43 bits per heavy atom. The summed E-state index contributed by atoms with van der Waals surface area (Å²) in [5.41, 5.74) is 2.03. The van der Waals surface area contributed by atoms with Crippen LogP contribution in [0.4, 0.5) is 0 Å². The van der Waals surface area contributed by atoms with Crippen molar-refractivity contribution in [2.75, 3.05) is 19.0 Å².